The zero-order valence-corrected chi connectivity index (χ0v) is 12.6. The van der Waals surface area contributed by atoms with Crippen LogP contribution in [0.1, 0.15) is 20.3 Å². The summed E-state index contributed by atoms with van der Waals surface area (Å²) in [5.41, 5.74) is 0.246. The number of rotatable bonds is 7. The number of halogens is 3. The van der Waals surface area contributed by atoms with Crippen molar-refractivity contribution in [2.45, 2.75) is 31.3 Å². The average Bonchev–Trinajstić information content (AvgIpc) is 2.37. The van der Waals surface area contributed by atoms with E-state index in [9.17, 15) is 21.6 Å². The van der Waals surface area contributed by atoms with Crippen LogP contribution in [-0.4, -0.2) is 43.5 Å². The van der Waals surface area contributed by atoms with E-state index in [1.807, 2.05) is 0 Å². The summed E-state index contributed by atoms with van der Waals surface area (Å²) in [7, 11) is -4.26. The van der Waals surface area contributed by atoms with Gasteiger partial charge < -0.3 is 5.32 Å². The molecule has 1 aromatic rings. The van der Waals surface area contributed by atoms with E-state index in [-0.39, 0.29) is 23.5 Å². The second-order valence-electron chi connectivity index (χ2n) is 4.36. The van der Waals surface area contributed by atoms with Crippen LogP contribution in [-0.2, 0) is 10.0 Å². The molecule has 0 radical (unpaired) electrons. The second-order valence-corrected chi connectivity index (χ2v) is 6.26. The Labute approximate surface area is 122 Å². The molecule has 0 saturated heterocycles. The van der Waals surface area contributed by atoms with Gasteiger partial charge in [-0.1, -0.05) is 6.92 Å². The third-order valence-electron chi connectivity index (χ3n) is 2.60. The summed E-state index contributed by atoms with van der Waals surface area (Å²) in [6.45, 7) is 2.11. The van der Waals surface area contributed by atoms with Gasteiger partial charge in [-0.2, -0.15) is 17.5 Å². The monoisotopic (exact) mass is 325 g/mol. The molecular formula is C12H18F3N3O2S. The molecule has 0 aliphatic heterocycles. The fourth-order valence-corrected chi connectivity index (χ4v) is 3.42. The minimum atomic E-state index is -4.59. The van der Waals surface area contributed by atoms with Crippen LogP contribution in [0.3, 0.4) is 0 Å². The molecule has 1 aromatic heterocycles. The van der Waals surface area contributed by atoms with Gasteiger partial charge in [0.05, 0.1) is 5.69 Å². The first-order chi connectivity index (χ1) is 9.72. The van der Waals surface area contributed by atoms with E-state index in [0.717, 1.165) is 6.20 Å². The van der Waals surface area contributed by atoms with E-state index >= 15 is 0 Å². The number of nitrogens with one attached hydrogen (secondary N) is 1. The molecule has 0 aliphatic carbocycles. The zero-order valence-electron chi connectivity index (χ0n) is 11.8. The van der Waals surface area contributed by atoms with Crippen molar-refractivity contribution in [1.29, 1.82) is 0 Å². The molecule has 0 saturated carbocycles. The normalized spacial score (nSPS) is 12.7. The lowest BCUT2D eigenvalue weighted by Crippen LogP contribution is -2.39. The Balaban J connectivity index is 3.23. The van der Waals surface area contributed by atoms with Gasteiger partial charge >= 0.3 is 6.18 Å². The number of hydrogen-bond acceptors (Lipinski definition) is 4. The Morgan fingerprint density at radius 3 is 2.52 bits per heavy atom. The van der Waals surface area contributed by atoms with Gasteiger partial charge in [0.15, 0.2) is 0 Å². The first-order valence-electron chi connectivity index (χ1n) is 6.47. The Morgan fingerprint density at radius 2 is 2.00 bits per heavy atom. The maximum absolute atomic E-state index is 12.6. The lowest BCUT2D eigenvalue weighted by molar-refractivity contribution is -0.136. The van der Waals surface area contributed by atoms with Gasteiger partial charge in [0.25, 0.3) is 0 Å². The smallest absolute Gasteiger partial charge is 0.384 e. The number of anilines is 1. The van der Waals surface area contributed by atoms with Crippen molar-refractivity contribution in [1.82, 2.24) is 9.29 Å². The number of alkyl halides is 3. The Hall–Kier alpha value is -1.35. The predicted molar refractivity (Wildman–Crippen MR) is 73.5 cm³/mol. The lowest BCUT2D eigenvalue weighted by atomic mass is 10.4. The topological polar surface area (TPSA) is 62.3 Å². The van der Waals surface area contributed by atoms with Crippen LogP contribution in [0.4, 0.5) is 18.9 Å². The highest BCUT2D eigenvalue weighted by molar-refractivity contribution is 7.89. The largest absolute Gasteiger partial charge is 0.402 e. The van der Waals surface area contributed by atoms with E-state index in [1.165, 1.54) is 12.3 Å². The highest BCUT2D eigenvalue weighted by atomic mass is 32.2. The maximum atomic E-state index is 12.6. The molecule has 1 rings (SSSR count). The molecule has 0 aromatic carbocycles. The van der Waals surface area contributed by atoms with Gasteiger partial charge in [-0.15, -0.1) is 0 Å². The van der Waals surface area contributed by atoms with Gasteiger partial charge in [0, 0.05) is 25.5 Å². The third kappa shape index (κ3) is 4.85. The van der Waals surface area contributed by atoms with Gasteiger partial charge in [-0.05, 0) is 19.4 Å². The Bertz CT molecular complexity index is 561. The highest BCUT2D eigenvalue weighted by Crippen LogP contribution is 2.26. The summed E-state index contributed by atoms with van der Waals surface area (Å²) in [6.07, 6.45) is -1.87. The Kier molecular flexibility index (Phi) is 5.97. The van der Waals surface area contributed by atoms with Crippen molar-refractivity contribution < 1.29 is 21.6 Å². The molecule has 0 aliphatic rings. The Morgan fingerprint density at radius 1 is 1.33 bits per heavy atom. The summed E-state index contributed by atoms with van der Waals surface area (Å²) in [4.78, 5) is 3.46. The van der Waals surface area contributed by atoms with Crippen LogP contribution in [0.15, 0.2) is 23.4 Å². The lowest BCUT2D eigenvalue weighted by Gasteiger charge is -2.24. The molecule has 0 unspecified atom stereocenters. The molecule has 1 N–H and O–H groups in total. The van der Waals surface area contributed by atoms with Crippen LogP contribution >= 0.6 is 0 Å². The van der Waals surface area contributed by atoms with Gasteiger partial charge in [0.1, 0.15) is 11.4 Å². The highest BCUT2D eigenvalue weighted by Gasteiger charge is 2.37. The first kappa shape index (κ1) is 17.7. The van der Waals surface area contributed by atoms with E-state index < -0.39 is 22.7 Å². The fourth-order valence-electron chi connectivity index (χ4n) is 1.79. The molecule has 0 bridgehead atoms. The predicted octanol–water partition coefficient (Wildman–Crippen LogP) is 2.48. The number of hydrogen-bond donors (Lipinski definition) is 1. The average molecular weight is 325 g/mol. The minimum Gasteiger partial charge on any atom is -0.384 e. The second kappa shape index (κ2) is 7.08. The standard InChI is InChI=1S/C12H18F3N3O2S/c1-3-7-18(9-12(13,14)15)21(19,20)11-8-16-6-5-10(11)17-4-2/h5-6,8H,3-4,7,9H2,1-2H3,(H,16,17). The molecule has 120 valence electrons. The molecule has 9 heteroatoms. The van der Waals surface area contributed by atoms with Crippen molar-refractivity contribution in [2.24, 2.45) is 0 Å². The molecule has 0 fully saturated rings. The van der Waals surface area contributed by atoms with Crippen molar-refractivity contribution in [3.63, 3.8) is 0 Å². The summed E-state index contributed by atoms with van der Waals surface area (Å²) in [6, 6.07) is 1.42. The van der Waals surface area contributed by atoms with Crippen LogP contribution < -0.4 is 5.32 Å². The van der Waals surface area contributed by atoms with Crippen LogP contribution in [0.25, 0.3) is 0 Å². The van der Waals surface area contributed by atoms with Crippen molar-refractivity contribution in [2.75, 3.05) is 25.0 Å². The fraction of sp³-hybridized carbons (Fsp3) is 0.583. The molecule has 5 nitrogen and oxygen atoms in total. The van der Waals surface area contributed by atoms with E-state index in [2.05, 4.69) is 10.3 Å². The van der Waals surface area contributed by atoms with E-state index in [1.54, 1.807) is 13.8 Å². The van der Waals surface area contributed by atoms with Gasteiger partial charge in [-0.25, -0.2) is 8.42 Å². The summed E-state index contributed by atoms with van der Waals surface area (Å²) in [5, 5.41) is 2.81. The summed E-state index contributed by atoms with van der Waals surface area (Å²) in [5.74, 6) is 0. The SMILES string of the molecule is CCCN(CC(F)(F)F)S(=O)(=O)c1cnccc1NCC. The molecule has 1 heterocycles. The molecular weight excluding hydrogens is 307 g/mol. The number of aromatic nitrogens is 1. The zero-order chi connectivity index (χ0) is 16.1. The molecule has 0 atom stereocenters. The van der Waals surface area contributed by atoms with Crippen LogP contribution in [0, 0.1) is 0 Å². The summed E-state index contributed by atoms with van der Waals surface area (Å²) < 4.78 is 63.1. The van der Waals surface area contributed by atoms with E-state index in [4.69, 9.17) is 0 Å². The number of nitrogens with zero attached hydrogens (tertiary/aromatic N) is 2. The van der Waals surface area contributed by atoms with Gasteiger partial charge in [-0.3, -0.25) is 4.98 Å². The molecule has 21 heavy (non-hydrogen) atoms. The number of sulfonamides is 1. The quantitative estimate of drug-likeness (QED) is 0.836. The third-order valence-corrected chi connectivity index (χ3v) is 4.47. The molecule has 0 amide bonds. The first-order valence-corrected chi connectivity index (χ1v) is 7.91. The van der Waals surface area contributed by atoms with Crippen molar-refractivity contribution in [3.05, 3.63) is 18.5 Å². The van der Waals surface area contributed by atoms with Crippen LogP contribution in [0.2, 0.25) is 0 Å². The van der Waals surface area contributed by atoms with Crippen molar-refractivity contribution in [3.8, 4) is 0 Å². The molecule has 0 spiro atoms. The van der Waals surface area contributed by atoms with Gasteiger partial charge in [0.2, 0.25) is 10.0 Å². The van der Waals surface area contributed by atoms with Crippen molar-refractivity contribution >= 4 is 15.7 Å². The van der Waals surface area contributed by atoms with Crippen LogP contribution in [0.5, 0.6) is 0 Å². The minimum absolute atomic E-state index is 0.206. The summed E-state index contributed by atoms with van der Waals surface area (Å²) >= 11 is 0. The number of pyridine rings is 1. The maximum Gasteiger partial charge on any atom is 0.402 e. The van der Waals surface area contributed by atoms with E-state index in [0.29, 0.717) is 10.8 Å².